The van der Waals surface area contributed by atoms with Crippen LogP contribution in [0.4, 0.5) is 0 Å². The molecule has 0 aromatic rings. The molecule has 0 unspecified atom stereocenters. The Morgan fingerprint density at radius 2 is 1.50 bits per heavy atom. The predicted molar refractivity (Wildman–Crippen MR) is 71.8 cm³/mol. The molecule has 0 radical (unpaired) electrons. The molecule has 106 valence electrons. The molecule has 2 aliphatic rings. The second-order valence-corrected chi connectivity index (χ2v) is 6.20. The minimum absolute atomic E-state index is 0.340. The van der Waals surface area contributed by atoms with E-state index in [-0.39, 0.29) is 0 Å². The number of rotatable bonds is 9. The van der Waals surface area contributed by atoms with E-state index in [2.05, 4.69) is 13.8 Å². The molecule has 3 heteroatoms. The van der Waals surface area contributed by atoms with Crippen molar-refractivity contribution in [1.29, 1.82) is 0 Å². The molecule has 0 saturated carbocycles. The van der Waals surface area contributed by atoms with Crippen molar-refractivity contribution in [3.63, 3.8) is 0 Å². The third-order valence-electron chi connectivity index (χ3n) is 4.79. The summed E-state index contributed by atoms with van der Waals surface area (Å²) in [6, 6.07) is 0. The van der Waals surface area contributed by atoms with Gasteiger partial charge in [-0.3, -0.25) is 0 Å². The lowest BCUT2D eigenvalue weighted by Crippen LogP contribution is -2.45. The summed E-state index contributed by atoms with van der Waals surface area (Å²) < 4.78 is 16.5. The van der Waals surface area contributed by atoms with Crippen molar-refractivity contribution in [3.05, 3.63) is 0 Å². The van der Waals surface area contributed by atoms with Gasteiger partial charge in [-0.05, 0) is 25.7 Å². The summed E-state index contributed by atoms with van der Waals surface area (Å²) in [6.07, 6.45) is 6.18. The van der Waals surface area contributed by atoms with Gasteiger partial charge in [0.2, 0.25) is 0 Å². The van der Waals surface area contributed by atoms with Gasteiger partial charge >= 0.3 is 0 Å². The molecular weight excluding hydrogens is 228 g/mol. The Balaban J connectivity index is 1.49. The lowest BCUT2D eigenvalue weighted by molar-refractivity contribution is -0.151. The monoisotopic (exact) mass is 256 g/mol. The van der Waals surface area contributed by atoms with E-state index < -0.39 is 0 Å². The molecule has 2 aliphatic heterocycles. The number of hydrogen-bond acceptors (Lipinski definition) is 3. The van der Waals surface area contributed by atoms with Crippen molar-refractivity contribution in [1.82, 2.24) is 0 Å². The van der Waals surface area contributed by atoms with Crippen LogP contribution in [0, 0.1) is 10.8 Å². The van der Waals surface area contributed by atoms with Crippen molar-refractivity contribution in [2.45, 2.75) is 46.0 Å². The molecule has 3 nitrogen and oxygen atoms in total. The highest BCUT2D eigenvalue weighted by Gasteiger charge is 2.37. The lowest BCUT2D eigenvalue weighted by Gasteiger charge is -2.41. The van der Waals surface area contributed by atoms with Crippen LogP contribution in [0.25, 0.3) is 0 Å². The zero-order chi connectivity index (χ0) is 12.9. The van der Waals surface area contributed by atoms with Crippen LogP contribution in [0.2, 0.25) is 0 Å². The maximum absolute atomic E-state index is 5.82. The molecule has 0 atom stereocenters. The first-order valence-corrected chi connectivity index (χ1v) is 7.47. The summed E-state index contributed by atoms with van der Waals surface area (Å²) in [6.45, 7) is 10.0. The standard InChI is InChI=1S/C15H28O3/c1-3-14(9-17-10-14)7-5-6-8-16-11-15(4-2)12-18-13-15/h3-13H2,1-2H3. The summed E-state index contributed by atoms with van der Waals surface area (Å²) in [4.78, 5) is 0. The maximum atomic E-state index is 5.82. The van der Waals surface area contributed by atoms with Crippen molar-refractivity contribution in [2.24, 2.45) is 10.8 Å². The molecule has 18 heavy (non-hydrogen) atoms. The van der Waals surface area contributed by atoms with Crippen molar-refractivity contribution in [2.75, 3.05) is 39.6 Å². The van der Waals surface area contributed by atoms with E-state index in [9.17, 15) is 0 Å². The SMILES string of the molecule is CCC1(CCCCOCC2(CC)COC2)COC1. The van der Waals surface area contributed by atoms with E-state index >= 15 is 0 Å². The number of ether oxygens (including phenoxy) is 3. The summed E-state index contributed by atoms with van der Waals surface area (Å²) in [7, 11) is 0. The predicted octanol–water partition coefficient (Wildman–Crippen LogP) is 3.03. The molecule has 0 aliphatic carbocycles. The zero-order valence-corrected chi connectivity index (χ0v) is 12.0. The highest BCUT2D eigenvalue weighted by molar-refractivity contribution is 4.85. The van der Waals surface area contributed by atoms with Gasteiger partial charge in [-0.1, -0.05) is 20.3 Å². The molecule has 2 heterocycles. The molecule has 0 bridgehead atoms. The summed E-state index contributed by atoms with van der Waals surface area (Å²) >= 11 is 0. The summed E-state index contributed by atoms with van der Waals surface area (Å²) in [5, 5.41) is 0. The highest BCUT2D eigenvalue weighted by Crippen LogP contribution is 2.36. The molecule has 2 saturated heterocycles. The fourth-order valence-electron chi connectivity index (χ4n) is 2.69. The van der Waals surface area contributed by atoms with Gasteiger partial charge in [-0.2, -0.15) is 0 Å². The number of hydrogen-bond donors (Lipinski definition) is 0. The van der Waals surface area contributed by atoms with Crippen molar-refractivity contribution < 1.29 is 14.2 Å². The minimum Gasteiger partial charge on any atom is -0.381 e. The second-order valence-electron chi connectivity index (χ2n) is 6.20. The third-order valence-corrected chi connectivity index (χ3v) is 4.79. The Morgan fingerprint density at radius 3 is 1.94 bits per heavy atom. The Kier molecular flexibility index (Phi) is 5.05. The van der Waals surface area contributed by atoms with Gasteiger partial charge in [0.15, 0.2) is 0 Å². The topological polar surface area (TPSA) is 27.7 Å². The molecule has 0 aromatic heterocycles. The zero-order valence-electron chi connectivity index (χ0n) is 12.0. The van der Waals surface area contributed by atoms with Gasteiger partial charge in [0.05, 0.1) is 33.0 Å². The molecule has 0 aromatic carbocycles. The van der Waals surface area contributed by atoms with E-state index in [0.29, 0.717) is 10.8 Å². The van der Waals surface area contributed by atoms with Gasteiger partial charge in [0.25, 0.3) is 0 Å². The van der Waals surface area contributed by atoms with Crippen LogP contribution in [-0.4, -0.2) is 39.6 Å². The van der Waals surface area contributed by atoms with Gasteiger partial charge < -0.3 is 14.2 Å². The molecular formula is C15H28O3. The van der Waals surface area contributed by atoms with E-state index in [0.717, 1.165) is 39.6 Å². The van der Waals surface area contributed by atoms with E-state index in [1.807, 2.05) is 0 Å². The Labute approximate surface area is 111 Å². The molecule has 2 fully saturated rings. The normalized spacial score (nSPS) is 24.3. The third kappa shape index (κ3) is 3.25. The van der Waals surface area contributed by atoms with Crippen LogP contribution in [0.15, 0.2) is 0 Å². The minimum atomic E-state index is 0.340. The fourth-order valence-corrected chi connectivity index (χ4v) is 2.69. The van der Waals surface area contributed by atoms with Crippen molar-refractivity contribution >= 4 is 0 Å². The number of unbranched alkanes of at least 4 members (excludes halogenated alkanes) is 1. The molecule has 0 N–H and O–H groups in total. The highest BCUT2D eigenvalue weighted by atomic mass is 16.5. The Morgan fingerprint density at radius 1 is 0.889 bits per heavy atom. The Bertz CT molecular complexity index is 207. The van der Waals surface area contributed by atoms with Gasteiger partial charge in [0.1, 0.15) is 0 Å². The van der Waals surface area contributed by atoms with E-state index in [4.69, 9.17) is 14.2 Å². The van der Waals surface area contributed by atoms with E-state index in [1.165, 1.54) is 32.1 Å². The lowest BCUT2D eigenvalue weighted by atomic mass is 9.78. The fraction of sp³-hybridized carbons (Fsp3) is 1.00. The van der Waals surface area contributed by atoms with E-state index in [1.54, 1.807) is 0 Å². The molecule has 0 amide bonds. The quantitative estimate of drug-likeness (QED) is 0.593. The van der Waals surface area contributed by atoms with Crippen LogP contribution in [0.3, 0.4) is 0 Å². The summed E-state index contributed by atoms with van der Waals surface area (Å²) in [5.41, 5.74) is 0.846. The van der Waals surface area contributed by atoms with Crippen LogP contribution in [0.1, 0.15) is 46.0 Å². The Hall–Kier alpha value is -0.120. The van der Waals surface area contributed by atoms with Gasteiger partial charge in [-0.25, -0.2) is 0 Å². The summed E-state index contributed by atoms with van der Waals surface area (Å²) in [5.74, 6) is 0. The van der Waals surface area contributed by atoms with Gasteiger partial charge in [0, 0.05) is 17.4 Å². The molecule has 2 rings (SSSR count). The van der Waals surface area contributed by atoms with Gasteiger partial charge in [-0.15, -0.1) is 0 Å². The average molecular weight is 256 g/mol. The van der Waals surface area contributed by atoms with Crippen LogP contribution < -0.4 is 0 Å². The first-order chi connectivity index (χ1) is 8.74. The first kappa shape index (κ1) is 14.3. The smallest absolute Gasteiger partial charge is 0.0566 e. The van der Waals surface area contributed by atoms with Crippen LogP contribution in [-0.2, 0) is 14.2 Å². The first-order valence-electron chi connectivity index (χ1n) is 7.47. The largest absolute Gasteiger partial charge is 0.381 e. The van der Waals surface area contributed by atoms with Crippen LogP contribution >= 0.6 is 0 Å². The van der Waals surface area contributed by atoms with Crippen LogP contribution in [0.5, 0.6) is 0 Å². The maximum Gasteiger partial charge on any atom is 0.0566 e. The molecule has 0 spiro atoms. The average Bonchev–Trinajstić information content (AvgIpc) is 2.29. The second kappa shape index (κ2) is 6.36. The van der Waals surface area contributed by atoms with Crippen molar-refractivity contribution in [3.8, 4) is 0 Å².